The molecule has 258 valence electrons. The molecular formula is C52H33NO2. The van der Waals surface area contributed by atoms with Crippen LogP contribution < -0.4 is 4.90 Å². The molecule has 11 aromatic rings. The second-order valence-electron chi connectivity index (χ2n) is 14.1. The molecule has 0 aliphatic rings. The third-order valence-electron chi connectivity index (χ3n) is 10.8. The van der Waals surface area contributed by atoms with Gasteiger partial charge >= 0.3 is 0 Å². The van der Waals surface area contributed by atoms with Crippen LogP contribution in [0.3, 0.4) is 0 Å². The fourth-order valence-electron chi connectivity index (χ4n) is 8.14. The van der Waals surface area contributed by atoms with Gasteiger partial charge in [-0.1, -0.05) is 133 Å². The third-order valence-corrected chi connectivity index (χ3v) is 10.8. The van der Waals surface area contributed by atoms with Crippen LogP contribution in [0.25, 0.3) is 88.0 Å². The first-order valence-electron chi connectivity index (χ1n) is 18.7. The standard InChI is InChI=1S/C52H33NO2/c1-2-12-35(13-3-1)43-26-23-40(38-22-21-34-11-4-5-14-36(34)29-38)32-48(43)53(42-25-28-52-47(33-42)45-18-7-9-20-50(45)55-52)41-16-10-15-37(30-41)39-24-27-51-46(31-39)44-17-6-8-19-49(44)54-51/h1-33H. The number of para-hydroxylation sites is 2. The summed E-state index contributed by atoms with van der Waals surface area (Å²) < 4.78 is 12.5. The SMILES string of the molecule is c1ccc(-c2ccc(-c3ccc4ccccc4c3)cc2N(c2cccc(-c3ccc4oc5ccccc5c4c3)c2)c2ccc3oc4ccccc4c3c2)cc1. The maximum Gasteiger partial charge on any atom is 0.135 e. The van der Waals surface area contributed by atoms with Crippen molar-refractivity contribution in [2.24, 2.45) is 0 Å². The summed E-state index contributed by atoms with van der Waals surface area (Å²) in [4.78, 5) is 2.41. The van der Waals surface area contributed by atoms with E-state index in [1.165, 1.54) is 16.3 Å². The molecule has 2 heterocycles. The summed E-state index contributed by atoms with van der Waals surface area (Å²) in [7, 11) is 0. The van der Waals surface area contributed by atoms with Gasteiger partial charge in [0.15, 0.2) is 0 Å². The van der Waals surface area contributed by atoms with Gasteiger partial charge in [-0.15, -0.1) is 0 Å². The molecule has 9 aromatic carbocycles. The number of rotatable bonds is 6. The van der Waals surface area contributed by atoms with E-state index >= 15 is 0 Å². The predicted molar refractivity (Wildman–Crippen MR) is 229 cm³/mol. The van der Waals surface area contributed by atoms with Crippen LogP contribution in [-0.4, -0.2) is 0 Å². The second kappa shape index (κ2) is 12.6. The van der Waals surface area contributed by atoms with Crippen molar-refractivity contribution in [3.63, 3.8) is 0 Å². The van der Waals surface area contributed by atoms with Gasteiger partial charge in [0.1, 0.15) is 22.3 Å². The maximum atomic E-state index is 6.31. The Morgan fingerprint density at radius 1 is 0.291 bits per heavy atom. The van der Waals surface area contributed by atoms with Crippen LogP contribution >= 0.6 is 0 Å². The molecule has 3 heteroatoms. The molecule has 0 saturated heterocycles. The highest BCUT2D eigenvalue weighted by Crippen LogP contribution is 2.45. The van der Waals surface area contributed by atoms with Crippen LogP contribution in [0.5, 0.6) is 0 Å². The van der Waals surface area contributed by atoms with Crippen molar-refractivity contribution in [2.45, 2.75) is 0 Å². The van der Waals surface area contributed by atoms with Crippen molar-refractivity contribution in [1.82, 2.24) is 0 Å². The number of fused-ring (bicyclic) bond motifs is 7. The number of furan rings is 2. The molecular weight excluding hydrogens is 671 g/mol. The summed E-state index contributed by atoms with van der Waals surface area (Å²) >= 11 is 0. The third kappa shape index (κ3) is 5.36. The van der Waals surface area contributed by atoms with Crippen molar-refractivity contribution in [3.05, 3.63) is 200 Å². The van der Waals surface area contributed by atoms with Crippen molar-refractivity contribution in [2.75, 3.05) is 4.90 Å². The Kier molecular flexibility index (Phi) is 7.17. The monoisotopic (exact) mass is 703 g/mol. The molecule has 0 radical (unpaired) electrons. The Morgan fingerprint density at radius 2 is 0.836 bits per heavy atom. The largest absolute Gasteiger partial charge is 0.456 e. The summed E-state index contributed by atoms with van der Waals surface area (Å²) in [6, 6.07) is 71.3. The molecule has 0 atom stereocenters. The van der Waals surface area contributed by atoms with Crippen molar-refractivity contribution >= 4 is 71.7 Å². The first kappa shape index (κ1) is 31.2. The lowest BCUT2D eigenvalue weighted by Crippen LogP contribution is -2.11. The Bertz CT molecular complexity index is 3220. The van der Waals surface area contributed by atoms with Gasteiger partial charge in [0.25, 0.3) is 0 Å². The van der Waals surface area contributed by atoms with Crippen molar-refractivity contribution in [3.8, 4) is 33.4 Å². The van der Waals surface area contributed by atoms with E-state index in [1.807, 2.05) is 24.3 Å². The van der Waals surface area contributed by atoms with Gasteiger partial charge in [0.05, 0.1) is 5.69 Å². The molecule has 0 saturated carbocycles. The first-order chi connectivity index (χ1) is 27.2. The van der Waals surface area contributed by atoms with Crippen molar-refractivity contribution < 1.29 is 8.83 Å². The zero-order chi connectivity index (χ0) is 36.3. The fourth-order valence-corrected chi connectivity index (χ4v) is 8.14. The molecule has 3 nitrogen and oxygen atoms in total. The number of hydrogen-bond acceptors (Lipinski definition) is 3. The van der Waals surface area contributed by atoms with E-state index in [1.54, 1.807) is 0 Å². The van der Waals surface area contributed by atoms with Gasteiger partial charge in [-0.05, 0) is 105 Å². The zero-order valence-corrected chi connectivity index (χ0v) is 29.8. The average Bonchev–Trinajstić information content (AvgIpc) is 3.82. The highest BCUT2D eigenvalue weighted by Gasteiger charge is 2.21. The molecule has 0 N–H and O–H groups in total. The number of anilines is 3. The van der Waals surface area contributed by atoms with Gasteiger partial charge < -0.3 is 13.7 Å². The first-order valence-corrected chi connectivity index (χ1v) is 18.7. The molecule has 0 fully saturated rings. The molecule has 0 unspecified atom stereocenters. The highest BCUT2D eigenvalue weighted by molar-refractivity contribution is 6.08. The van der Waals surface area contributed by atoms with E-state index in [0.717, 1.165) is 88.8 Å². The molecule has 0 amide bonds. The predicted octanol–water partition coefficient (Wildman–Crippen LogP) is 15.1. The summed E-state index contributed by atoms with van der Waals surface area (Å²) in [5.74, 6) is 0. The van der Waals surface area contributed by atoms with Gasteiger partial charge in [-0.25, -0.2) is 0 Å². The lowest BCUT2D eigenvalue weighted by atomic mass is 9.95. The van der Waals surface area contributed by atoms with E-state index in [9.17, 15) is 0 Å². The van der Waals surface area contributed by atoms with E-state index in [4.69, 9.17) is 8.83 Å². The highest BCUT2D eigenvalue weighted by atomic mass is 16.3. The lowest BCUT2D eigenvalue weighted by molar-refractivity contribution is 0.668. The van der Waals surface area contributed by atoms with Crippen LogP contribution in [0.4, 0.5) is 17.1 Å². The quantitative estimate of drug-likeness (QED) is 0.173. The number of nitrogens with zero attached hydrogens (tertiary/aromatic N) is 1. The molecule has 55 heavy (non-hydrogen) atoms. The van der Waals surface area contributed by atoms with Gasteiger partial charge in [0, 0.05) is 38.5 Å². The average molecular weight is 704 g/mol. The van der Waals surface area contributed by atoms with Gasteiger partial charge in [0.2, 0.25) is 0 Å². The zero-order valence-electron chi connectivity index (χ0n) is 29.8. The second-order valence-corrected chi connectivity index (χ2v) is 14.1. The summed E-state index contributed by atoms with van der Waals surface area (Å²) in [5.41, 5.74) is 13.6. The van der Waals surface area contributed by atoms with Crippen LogP contribution in [0.2, 0.25) is 0 Å². The number of hydrogen-bond donors (Lipinski definition) is 0. The minimum Gasteiger partial charge on any atom is -0.456 e. The van der Waals surface area contributed by atoms with Gasteiger partial charge in [-0.2, -0.15) is 0 Å². The molecule has 0 aliphatic heterocycles. The molecule has 0 bridgehead atoms. The van der Waals surface area contributed by atoms with Crippen molar-refractivity contribution in [1.29, 1.82) is 0 Å². The molecule has 2 aromatic heterocycles. The van der Waals surface area contributed by atoms with Crippen LogP contribution in [0, 0.1) is 0 Å². The van der Waals surface area contributed by atoms with E-state index in [0.29, 0.717) is 0 Å². The van der Waals surface area contributed by atoms with E-state index < -0.39 is 0 Å². The van der Waals surface area contributed by atoms with Crippen LogP contribution in [-0.2, 0) is 0 Å². The summed E-state index contributed by atoms with van der Waals surface area (Å²) in [5, 5.41) is 6.87. The Morgan fingerprint density at radius 3 is 1.64 bits per heavy atom. The lowest BCUT2D eigenvalue weighted by Gasteiger charge is -2.29. The van der Waals surface area contributed by atoms with E-state index in [2.05, 4.69) is 181 Å². The van der Waals surface area contributed by atoms with Crippen LogP contribution in [0.1, 0.15) is 0 Å². The Balaban J connectivity index is 1.15. The van der Waals surface area contributed by atoms with Gasteiger partial charge in [-0.3, -0.25) is 0 Å². The normalized spacial score (nSPS) is 11.6. The smallest absolute Gasteiger partial charge is 0.135 e. The molecule has 11 rings (SSSR count). The minimum atomic E-state index is 0.868. The summed E-state index contributed by atoms with van der Waals surface area (Å²) in [6.45, 7) is 0. The Labute approximate surface area is 317 Å². The number of benzene rings is 9. The summed E-state index contributed by atoms with van der Waals surface area (Å²) in [6.07, 6.45) is 0. The maximum absolute atomic E-state index is 6.31. The molecule has 0 spiro atoms. The fraction of sp³-hybridized carbons (Fsp3) is 0. The minimum absolute atomic E-state index is 0.868. The van der Waals surface area contributed by atoms with E-state index in [-0.39, 0.29) is 0 Å². The topological polar surface area (TPSA) is 29.5 Å². The van der Waals surface area contributed by atoms with Crippen LogP contribution in [0.15, 0.2) is 209 Å². The molecule has 0 aliphatic carbocycles. The Hall–Kier alpha value is -7.36.